The third kappa shape index (κ3) is 12.7. The highest BCUT2D eigenvalue weighted by Crippen LogP contribution is 2.50. The van der Waals surface area contributed by atoms with Gasteiger partial charge >= 0.3 is 0 Å². The van der Waals surface area contributed by atoms with Crippen LogP contribution in [0.2, 0.25) is 0 Å². The quantitative estimate of drug-likeness (QED) is 0.114. The van der Waals surface area contributed by atoms with Crippen LogP contribution in [0, 0.1) is 0 Å². The molecule has 0 aliphatic heterocycles. The maximum Gasteiger partial charge on any atom is 0.165 e. The Labute approximate surface area is 756 Å². The van der Waals surface area contributed by atoms with Crippen LogP contribution in [0.3, 0.4) is 0 Å². The van der Waals surface area contributed by atoms with Gasteiger partial charge in [0.15, 0.2) is 34.9 Å². The predicted molar refractivity (Wildman–Crippen MR) is 550 cm³/mol. The molecule has 4 aromatic heterocycles. The second-order valence-electron chi connectivity index (χ2n) is 33.8. The van der Waals surface area contributed by atoms with Gasteiger partial charge in [-0.3, -0.25) is 0 Å². The number of fused-ring (bicyclic) bond motifs is 14. The summed E-state index contributed by atoms with van der Waals surface area (Å²) in [7, 11) is 0. The Morgan fingerprint density at radius 3 is 0.977 bits per heavy atom. The van der Waals surface area contributed by atoms with Gasteiger partial charge in [0.05, 0.1) is 0 Å². The average molecular weight is 1690 g/mol. The summed E-state index contributed by atoms with van der Waals surface area (Å²) in [5.74, 6) is 3.62. The SMILES string of the molecule is c1ccc(-c2cc(-c3ccc4cccc(-c5nc(-c6ccc(-c7cccc8cc(-c9cccc%10c9sc9c(-c%11nc(-c%12cccc%13ccc(-c%14cc(-c%15ccccc%15)c%15ccccc%15c%14)cc%12%13)nc(-c%12ccc(-c%13ccc%14ccccc%14c%13)c%13ccccc%12%13)n%11)cccc9%10)ccc78)c7ccccc67)nc(-c6cccc7c6sc6ccccc67)n5)c4c3)cc3ccccc23)cc1. The van der Waals surface area contributed by atoms with Crippen LogP contribution in [0.5, 0.6) is 0 Å². The Kier molecular flexibility index (Phi) is 17.6. The lowest BCUT2D eigenvalue weighted by Gasteiger charge is -2.16. The van der Waals surface area contributed by atoms with E-state index in [1.807, 2.05) is 0 Å². The highest BCUT2D eigenvalue weighted by Gasteiger charge is 2.26. The molecule has 0 amide bonds. The van der Waals surface area contributed by atoms with Gasteiger partial charge in [0.25, 0.3) is 0 Å². The van der Waals surface area contributed by atoms with E-state index in [1.165, 1.54) is 80.1 Å². The summed E-state index contributed by atoms with van der Waals surface area (Å²) < 4.78 is 4.65. The van der Waals surface area contributed by atoms with E-state index >= 15 is 0 Å². The normalized spacial score (nSPS) is 11.8. The molecular formula is C122H72N6S2. The second kappa shape index (κ2) is 30.6. The fraction of sp³-hybridized carbons (Fsp3) is 0. The maximum absolute atomic E-state index is 5.68. The molecule has 8 heteroatoms. The molecule has 0 atom stereocenters. The number of rotatable bonds is 13. The number of nitrogens with zero attached hydrogens (tertiary/aromatic N) is 6. The summed E-state index contributed by atoms with van der Waals surface area (Å²) in [5.41, 5.74) is 21.7. The smallest absolute Gasteiger partial charge is 0.165 e. The molecule has 26 rings (SSSR count). The van der Waals surface area contributed by atoms with Crippen LogP contribution in [-0.4, -0.2) is 29.9 Å². The van der Waals surface area contributed by atoms with Crippen molar-refractivity contribution in [1.29, 1.82) is 0 Å². The lowest BCUT2D eigenvalue weighted by Crippen LogP contribution is -2.01. The fourth-order valence-corrected chi connectivity index (χ4v) is 22.7. The molecule has 602 valence electrons. The van der Waals surface area contributed by atoms with Crippen LogP contribution < -0.4 is 0 Å². The Balaban J connectivity index is 0.594. The zero-order valence-corrected chi connectivity index (χ0v) is 71.7. The summed E-state index contributed by atoms with van der Waals surface area (Å²) in [4.78, 5) is 33.8. The zero-order chi connectivity index (χ0) is 85.4. The van der Waals surface area contributed by atoms with E-state index in [0.717, 1.165) is 158 Å². The first-order valence-electron chi connectivity index (χ1n) is 44.1. The zero-order valence-electron chi connectivity index (χ0n) is 70.1. The van der Waals surface area contributed by atoms with Crippen molar-refractivity contribution in [2.75, 3.05) is 0 Å². The lowest BCUT2D eigenvalue weighted by atomic mass is 9.90. The van der Waals surface area contributed by atoms with Crippen LogP contribution >= 0.6 is 22.7 Å². The topological polar surface area (TPSA) is 77.3 Å². The Morgan fingerprint density at radius 2 is 0.431 bits per heavy atom. The molecule has 26 aromatic rings. The summed E-state index contributed by atoms with van der Waals surface area (Å²) in [5, 5.41) is 22.8. The van der Waals surface area contributed by atoms with Gasteiger partial charge in [-0.05, 0) is 243 Å². The van der Waals surface area contributed by atoms with Gasteiger partial charge in [-0.15, -0.1) is 22.7 Å². The number of hydrogen-bond donors (Lipinski definition) is 0. The van der Waals surface area contributed by atoms with Crippen LogP contribution in [0.15, 0.2) is 437 Å². The molecule has 0 radical (unpaired) electrons. The van der Waals surface area contributed by atoms with Gasteiger partial charge in [0.2, 0.25) is 0 Å². The molecular weight excluding hydrogens is 1610 g/mol. The lowest BCUT2D eigenvalue weighted by molar-refractivity contribution is 1.08. The number of benzene rings is 22. The Morgan fingerprint density at radius 1 is 0.123 bits per heavy atom. The van der Waals surface area contributed by atoms with E-state index in [1.54, 1.807) is 22.7 Å². The van der Waals surface area contributed by atoms with Crippen molar-refractivity contribution < 1.29 is 0 Å². The second-order valence-corrected chi connectivity index (χ2v) is 35.9. The molecule has 0 fully saturated rings. The molecule has 130 heavy (non-hydrogen) atoms. The van der Waals surface area contributed by atoms with Gasteiger partial charge in [0.1, 0.15) is 0 Å². The van der Waals surface area contributed by atoms with Crippen LogP contribution in [0.4, 0.5) is 0 Å². The van der Waals surface area contributed by atoms with Crippen LogP contribution in [0.25, 0.3) is 273 Å². The van der Waals surface area contributed by atoms with Crippen molar-refractivity contribution in [3.8, 4) is 146 Å². The molecule has 0 aliphatic carbocycles. The van der Waals surface area contributed by atoms with Crippen molar-refractivity contribution in [1.82, 2.24) is 29.9 Å². The first-order valence-corrected chi connectivity index (χ1v) is 45.7. The van der Waals surface area contributed by atoms with Crippen LogP contribution in [-0.2, 0) is 0 Å². The van der Waals surface area contributed by atoms with Crippen molar-refractivity contribution in [3.05, 3.63) is 437 Å². The molecule has 0 N–H and O–H groups in total. The molecule has 22 aromatic carbocycles. The average Bonchev–Trinajstić information content (AvgIpc) is 1.45. The van der Waals surface area contributed by atoms with Gasteiger partial charge in [-0.1, -0.05) is 358 Å². The van der Waals surface area contributed by atoms with Crippen molar-refractivity contribution in [2.24, 2.45) is 0 Å². The minimum absolute atomic E-state index is 0.596. The van der Waals surface area contributed by atoms with Gasteiger partial charge < -0.3 is 0 Å². The molecule has 6 nitrogen and oxygen atoms in total. The van der Waals surface area contributed by atoms with E-state index in [9.17, 15) is 0 Å². The molecule has 0 spiro atoms. The van der Waals surface area contributed by atoms with Crippen LogP contribution in [0.1, 0.15) is 0 Å². The van der Waals surface area contributed by atoms with E-state index in [0.29, 0.717) is 34.9 Å². The maximum atomic E-state index is 5.68. The Hall–Kier alpha value is -16.6. The summed E-state index contributed by atoms with van der Waals surface area (Å²) >= 11 is 3.59. The highest BCUT2D eigenvalue weighted by atomic mass is 32.1. The Bertz CT molecular complexity index is 9210. The molecule has 4 heterocycles. The fourth-order valence-electron chi connectivity index (χ4n) is 20.1. The predicted octanol–water partition coefficient (Wildman–Crippen LogP) is 33.7. The van der Waals surface area contributed by atoms with Gasteiger partial charge in [-0.25, -0.2) is 29.9 Å². The number of hydrogen-bond acceptors (Lipinski definition) is 8. The number of aromatic nitrogens is 6. The molecule has 0 saturated carbocycles. The van der Waals surface area contributed by atoms with Crippen molar-refractivity contribution >= 4 is 149 Å². The largest absolute Gasteiger partial charge is 0.208 e. The summed E-state index contributed by atoms with van der Waals surface area (Å²) in [6.45, 7) is 0. The summed E-state index contributed by atoms with van der Waals surface area (Å²) in [6.07, 6.45) is 0. The molecule has 0 unspecified atom stereocenters. The van der Waals surface area contributed by atoms with E-state index in [-0.39, 0.29) is 0 Å². The molecule has 0 bridgehead atoms. The van der Waals surface area contributed by atoms with Gasteiger partial charge in [-0.2, -0.15) is 0 Å². The van der Waals surface area contributed by atoms with Crippen molar-refractivity contribution in [2.45, 2.75) is 0 Å². The highest BCUT2D eigenvalue weighted by molar-refractivity contribution is 7.27. The third-order valence-electron chi connectivity index (χ3n) is 26.4. The molecule has 0 saturated heterocycles. The minimum atomic E-state index is 0.596. The molecule has 0 aliphatic rings. The first-order chi connectivity index (χ1) is 64.4. The number of thiophene rings is 2. The monoisotopic (exact) mass is 1680 g/mol. The standard InChI is InChI=1S/C122H72N6S2/c1-3-26-74(27-4-1)109-71-86(67-81-31-9-11-36-88(81)109)79-56-54-76-33-19-48-103(111(76)69-79)117-124-120(127-121(125-117)107-50-23-45-100-99-42-17-18-52-113(99)129-115(100)107)106-64-62-98(95-39-14-16-41-97(95)106)94-44-21-35-83-66-85(59-60-90(83)94)92-43-22-46-101-102-47-24-51-108(116(102)130-114(92)101)122-126-118(123-119(128-122)105-63-61-91(93-38-13-15-40-96(93)105)84-58-53-73-25-7-8-30-78(73)65-84)104-49-20-34-77-55-57-80(70-112(77)104)87-68-82-32-10-12-37-89(82)110(72-87)75-28-5-2-6-29-75/h1-72H. The van der Waals surface area contributed by atoms with Crippen molar-refractivity contribution in [3.63, 3.8) is 0 Å². The van der Waals surface area contributed by atoms with E-state index in [4.69, 9.17) is 29.9 Å². The first kappa shape index (κ1) is 74.8. The van der Waals surface area contributed by atoms with E-state index < -0.39 is 0 Å². The third-order valence-corrected chi connectivity index (χ3v) is 28.9. The van der Waals surface area contributed by atoms with Gasteiger partial charge in [0, 0.05) is 73.7 Å². The van der Waals surface area contributed by atoms with E-state index in [2.05, 4.69) is 437 Å². The summed E-state index contributed by atoms with van der Waals surface area (Å²) in [6, 6.07) is 159. The minimum Gasteiger partial charge on any atom is -0.208 e.